The van der Waals surface area contributed by atoms with E-state index in [0.29, 0.717) is 12.1 Å². The minimum atomic E-state index is -0.645. The Hall–Kier alpha value is -1.53. The molecule has 5 nitrogen and oxygen atoms in total. The Morgan fingerprint density at radius 2 is 2.10 bits per heavy atom. The normalized spacial score (nSPS) is 28.3. The van der Waals surface area contributed by atoms with Crippen molar-refractivity contribution < 1.29 is 9.90 Å². The number of aliphatic carboxylic acids is 1. The lowest BCUT2D eigenvalue weighted by molar-refractivity contribution is -0.142. The summed E-state index contributed by atoms with van der Waals surface area (Å²) < 4.78 is 5.15. The van der Waals surface area contributed by atoms with Crippen LogP contribution in [0.4, 0.5) is 0 Å². The molecule has 6 heteroatoms. The number of hydrogen-bond donors (Lipinski definition) is 2. The van der Waals surface area contributed by atoms with E-state index in [1.165, 1.54) is 22.7 Å². The average molecular weight is 289 g/mol. The largest absolute Gasteiger partial charge is 0.481 e. The lowest BCUT2D eigenvalue weighted by atomic mass is 9.86. The van der Waals surface area contributed by atoms with E-state index in [-0.39, 0.29) is 5.92 Å². The van der Waals surface area contributed by atoms with Crippen molar-refractivity contribution in [3.05, 3.63) is 23.3 Å². The zero-order valence-electron chi connectivity index (χ0n) is 10.9. The van der Waals surface area contributed by atoms with Gasteiger partial charge in [-0.15, -0.1) is 5.10 Å². The fraction of sp³-hybridized carbons (Fsp3) is 0.500. The Kier molecular flexibility index (Phi) is 2.75. The molecule has 1 aromatic heterocycles. The molecule has 0 bridgehead atoms. The summed E-state index contributed by atoms with van der Waals surface area (Å²) >= 11 is 1.43. The van der Waals surface area contributed by atoms with Gasteiger partial charge in [0.15, 0.2) is 0 Å². The molecule has 0 amide bonds. The molecule has 0 spiro atoms. The van der Waals surface area contributed by atoms with Crippen LogP contribution in [0.25, 0.3) is 10.2 Å². The highest BCUT2D eigenvalue weighted by Gasteiger charge is 2.38. The van der Waals surface area contributed by atoms with Gasteiger partial charge in [-0.1, -0.05) is 10.6 Å². The summed E-state index contributed by atoms with van der Waals surface area (Å²) in [5, 5.41) is 16.9. The van der Waals surface area contributed by atoms with Gasteiger partial charge in [0, 0.05) is 11.6 Å². The molecule has 1 aromatic carbocycles. The Bertz CT molecular complexity index is 676. The molecule has 0 aliphatic heterocycles. The monoisotopic (exact) mass is 289 g/mol. The minimum Gasteiger partial charge on any atom is -0.481 e. The number of rotatable bonds is 3. The second-order valence-corrected chi connectivity index (χ2v) is 6.46. The first-order chi connectivity index (χ1) is 9.74. The number of nitrogens with zero attached hydrogens (tertiary/aromatic N) is 2. The van der Waals surface area contributed by atoms with Crippen molar-refractivity contribution in [3.63, 3.8) is 0 Å². The van der Waals surface area contributed by atoms with Gasteiger partial charge in [-0.2, -0.15) is 0 Å². The molecule has 2 aromatic rings. The zero-order valence-corrected chi connectivity index (χ0v) is 11.7. The van der Waals surface area contributed by atoms with E-state index in [9.17, 15) is 4.79 Å². The number of carboxylic acids is 1. The van der Waals surface area contributed by atoms with E-state index in [0.717, 1.165) is 35.9 Å². The SMILES string of the molecule is O=C(O)[C@H]1CC[C@H](NC2c3ccc4snnc4c32)CC1. The molecular weight excluding hydrogens is 274 g/mol. The molecular formula is C14H15N3O2S. The Morgan fingerprint density at radius 3 is 2.85 bits per heavy atom. The molecule has 1 saturated carbocycles. The standard InChI is InChI=1S/C14H15N3O2S/c18-14(19)7-1-3-8(4-2-7)15-12-9-5-6-10-13(11(9)12)16-17-20-10/h5-8,12,15H,1-4H2,(H,18,19)/t7-,8-,12?. The molecule has 0 saturated heterocycles. The molecule has 0 radical (unpaired) electrons. The fourth-order valence-electron chi connectivity index (χ4n) is 3.27. The van der Waals surface area contributed by atoms with Gasteiger partial charge in [0.05, 0.1) is 16.7 Å². The van der Waals surface area contributed by atoms with Crippen molar-refractivity contribution in [2.24, 2.45) is 5.92 Å². The third kappa shape index (κ3) is 1.91. The van der Waals surface area contributed by atoms with Crippen molar-refractivity contribution >= 4 is 27.7 Å². The van der Waals surface area contributed by atoms with Crippen LogP contribution in [0.1, 0.15) is 42.9 Å². The van der Waals surface area contributed by atoms with Crippen LogP contribution in [-0.4, -0.2) is 26.7 Å². The summed E-state index contributed by atoms with van der Waals surface area (Å²) in [6.07, 6.45) is 3.45. The fourth-order valence-corrected chi connectivity index (χ4v) is 3.85. The molecule has 1 heterocycles. The molecule has 1 fully saturated rings. The molecule has 4 rings (SSSR count). The van der Waals surface area contributed by atoms with Crippen LogP contribution >= 0.6 is 11.5 Å². The molecule has 2 N–H and O–H groups in total. The molecule has 20 heavy (non-hydrogen) atoms. The number of carbonyl (C=O) groups is 1. The van der Waals surface area contributed by atoms with Gasteiger partial charge in [-0.05, 0) is 48.8 Å². The lowest BCUT2D eigenvalue weighted by Crippen LogP contribution is -2.34. The quantitative estimate of drug-likeness (QED) is 0.907. The van der Waals surface area contributed by atoms with Crippen LogP contribution in [-0.2, 0) is 4.79 Å². The van der Waals surface area contributed by atoms with Crippen LogP contribution in [0.5, 0.6) is 0 Å². The van der Waals surface area contributed by atoms with E-state index >= 15 is 0 Å². The maximum atomic E-state index is 11.0. The van der Waals surface area contributed by atoms with Crippen molar-refractivity contribution in [3.8, 4) is 0 Å². The smallest absolute Gasteiger partial charge is 0.306 e. The van der Waals surface area contributed by atoms with Gasteiger partial charge in [-0.25, -0.2) is 0 Å². The van der Waals surface area contributed by atoms with Gasteiger partial charge >= 0.3 is 5.97 Å². The van der Waals surface area contributed by atoms with Crippen LogP contribution in [0.3, 0.4) is 0 Å². The number of fused-ring (bicyclic) bond motifs is 3. The van der Waals surface area contributed by atoms with Gasteiger partial charge in [0.1, 0.15) is 5.52 Å². The first-order valence-corrected chi connectivity index (χ1v) is 7.75. The summed E-state index contributed by atoms with van der Waals surface area (Å²) in [4.78, 5) is 11.0. The highest BCUT2D eigenvalue weighted by atomic mass is 32.1. The predicted molar refractivity (Wildman–Crippen MR) is 75.8 cm³/mol. The van der Waals surface area contributed by atoms with Crippen molar-refractivity contribution in [1.29, 1.82) is 0 Å². The van der Waals surface area contributed by atoms with Crippen molar-refractivity contribution in [1.82, 2.24) is 14.9 Å². The van der Waals surface area contributed by atoms with E-state index in [2.05, 4.69) is 27.0 Å². The summed E-state index contributed by atoms with van der Waals surface area (Å²) in [6.45, 7) is 0. The number of aromatic nitrogens is 2. The summed E-state index contributed by atoms with van der Waals surface area (Å²) in [7, 11) is 0. The minimum absolute atomic E-state index is 0.149. The highest BCUT2D eigenvalue weighted by molar-refractivity contribution is 7.13. The Balaban J connectivity index is 1.43. The first-order valence-electron chi connectivity index (χ1n) is 6.98. The lowest BCUT2D eigenvalue weighted by Gasteiger charge is -2.27. The van der Waals surface area contributed by atoms with Crippen LogP contribution < -0.4 is 5.32 Å². The summed E-state index contributed by atoms with van der Waals surface area (Å²) in [6, 6.07) is 4.97. The van der Waals surface area contributed by atoms with Crippen molar-refractivity contribution in [2.45, 2.75) is 37.8 Å². The predicted octanol–water partition coefficient (Wildman–Crippen LogP) is 2.33. The number of carboxylic acid groups (broad SMARTS) is 1. The van der Waals surface area contributed by atoms with Gasteiger partial charge in [-0.3, -0.25) is 4.79 Å². The van der Waals surface area contributed by atoms with E-state index in [1.54, 1.807) is 0 Å². The topological polar surface area (TPSA) is 75.1 Å². The maximum absolute atomic E-state index is 11.0. The summed E-state index contributed by atoms with van der Waals surface area (Å²) in [5.41, 5.74) is 3.64. The Labute approximate surface area is 120 Å². The molecule has 104 valence electrons. The third-order valence-electron chi connectivity index (χ3n) is 4.49. The summed E-state index contributed by atoms with van der Waals surface area (Å²) in [5.74, 6) is -0.794. The molecule has 2 aliphatic carbocycles. The second kappa shape index (κ2) is 4.49. The van der Waals surface area contributed by atoms with Gasteiger partial charge in [0.25, 0.3) is 0 Å². The first kappa shape index (κ1) is 12.2. The van der Waals surface area contributed by atoms with Gasteiger partial charge < -0.3 is 10.4 Å². The zero-order chi connectivity index (χ0) is 13.7. The number of hydrogen-bond acceptors (Lipinski definition) is 5. The third-order valence-corrected chi connectivity index (χ3v) is 5.18. The van der Waals surface area contributed by atoms with Crippen molar-refractivity contribution in [2.75, 3.05) is 0 Å². The molecule has 2 aliphatic rings. The number of benzene rings is 1. The molecule has 1 unspecified atom stereocenters. The maximum Gasteiger partial charge on any atom is 0.306 e. The average Bonchev–Trinajstić information content (AvgIpc) is 2.94. The van der Waals surface area contributed by atoms with E-state index in [4.69, 9.17) is 5.11 Å². The van der Waals surface area contributed by atoms with E-state index in [1.807, 2.05) is 0 Å². The second-order valence-electron chi connectivity index (χ2n) is 5.67. The Morgan fingerprint density at radius 1 is 1.30 bits per heavy atom. The number of nitrogens with one attached hydrogen (secondary N) is 1. The van der Waals surface area contributed by atoms with Crippen LogP contribution in [0.15, 0.2) is 12.1 Å². The van der Waals surface area contributed by atoms with Gasteiger partial charge in [0.2, 0.25) is 0 Å². The highest BCUT2D eigenvalue weighted by Crippen LogP contribution is 2.46. The van der Waals surface area contributed by atoms with Crippen LogP contribution in [0.2, 0.25) is 0 Å². The molecule has 1 atom stereocenters. The van der Waals surface area contributed by atoms with E-state index < -0.39 is 5.97 Å². The van der Waals surface area contributed by atoms with Crippen LogP contribution in [0, 0.1) is 5.92 Å².